The second-order valence-electron chi connectivity index (χ2n) is 20.4. The maximum Gasteiger partial charge on any atom is 0.230 e. The number of ketones is 2. The Hall–Kier alpha value is -4.66. The van der Waals surface area contributed by atoms with Crippen molar-refractivity contribution in [3.63, 3.8) is 0 Å². The molecule has 0 amide bonds. The van der Waals surface area contributed by atoms with Crippen molar-refractivity contribution in [2.24, 2.45) is 17.3 Å². The summed E-state index contributed by atoms with van der Waals surface area (Å²) in [6.07, 6.45) is 19.9. The Bertz CT molecular complexity index is 2000. The van der Waals surface area contributed by atoms with E-state index in [1.54, 1.807) is 24.3 Å². The van der Waals surface area contributed by atoms with Crippen molar-refractivity contribution in [2.45, 2.75) is 179 Å². The molecule has 6 N–H and O–H groups in total. The van der Waals surface area contributed by atoms with Gasteiger partial charge in [-0.1, -0.05) is 88.1 Å². The van der Waals surface area contributed by atoms with Crippen molar-refractivity contribution in [1.29, 1.82) is 0 Å². The highest BCUT2D eigenvalue weighted by Crippen LogP contribution is 2.44. The van der Waals surface area contributed by atoms with E-state index in [4.69, 9.17) is 20.9 Å². The van der Waals surface area contributed by atoms with Crippen molar-refractivity contribution in [1.82, 2.24) is 0 Å². The van der Waals surface area contributed by atoms with Gasteiger partial charge in [0.2, 0.25) is 5.79 Å². The number of carbonyl (C=O) groups excluding carboxylic acids is 2. The molecule has 4 aromatic rings. The topological polar surface area (TPSA) is 145 Å². The summed E-state index contributed by atoms with van der Waals surface area (Å²) >= 11 is 0. The lowest BCUT2D eigenvalue weighted by molar-refractivity contribution is -0.234. The molecule has 0 aromatic heterocycles. The van der Waals surface area contributed by atoms with Gasteiger partial charge in [-0.25, -0.2) is 0 Å². The van der Waals surface area contributed by atoms with Gasteiger partial charge >= 0.3 is 0 Å². The zero-order valence-electron chi connectivity index (χ0n) is 40.9. The predicted octanol–water partition coefficient (Wildman–Crippen LogP) is 13.3. The van der Waals surface area contributed by atoms with Crippen LogP contribution in [-0.2, 0) is 22.4 Å². The monoisotopic (exact) mass is 915 g/mol. The molecule has 67 heavy (non-hydrogen) atoms. The third kappa shape index (κ3) is 15.7. The van der Waals surface area contributed by atoms with E-state index < -0.39 is 17.0 Å². The number of aliphatic hydroxyl groups is 2. The number of Topliss-reactive ketones (excluding diaryl/α,β-unsaturated/α-hetero) is 2. The van der Waals surface area contributed by atoms with Gasteiger partial charge in [0.05, 0.1) is 13.2 Å². The lowest BCUT2D eigenvalue weighted by atomic mass is 9.65. The molecule has 0 bridgehead atoms. The average molecular weight is 915 g/mol. The van der Waals surface area contributed by atoms with Gasteiger partial charge in [-0.15, -0.1) is 0 Å². The molecular formula is C59H82N2O6. The maximum absolute atomic E-state index is 14.1. The molecule has 8 nitrogen and oxygen atoms in total. The van der Waals surface area contributed by atoms with Gasteiger partial charge in [0.1, 0.15) is 17.3 Å². The van der Waals surface area contributed by atoms with Crippen LogP contribution in [0.25, 0.3) is 0 Å². The lowest BCUT2D eigenvalue weighted by Gasteiger charge is -2.43. The number of hydrogen-bond donors (Lipinski definition) is 4. The average Bonchev–Trinajstić information content (AvgIpc) is 3.33. The van der Waals surface area contributed by atoms with Crippen LogP contribution in [0.1, 0.15) is 183 Å². The first-order chi connectivity index (χ1) is 32.5. The Morgan fingerprint density at radius 2 is 0.940 bits per heavy atom. The minimum Gasteiger partial charge on any atom is -0.494 e. The molecule has 8 heteroatoms. The Balaban J connectivity index is 1.01. The molecule has 0 unspecified atom stereocenters. The Morgan fingerprint density at radius 1 is 0.537 bits per heavy atom. The maximum atomic E-state index is 14.1. The third-order valence-corrected chi connectivity index (χ3v) is 15.2. The van der Waals surface area contributed by atoms with Crippen molar-refractivity contribution < 1.29 is 29.3 Å². The van der Waals surface area contributed by atoms with Crippen LogP contribution >= 0.6 is 0 Å². The van der Waals surface area contributed by atoms with Gasteiger partial charge in [0.15, 0.2) is 5.78 Å². The van der Waals surface area contributed by atoms with Gasteiger partial charge in [0.25, 0.3) is 0 Å². The lowest BCUT2D eigenvalue weighted by Crippen LogP contribution is -2.57. The molecule has 0 heterocycles. The van der Waals surface area contributed by atoms with E-state index in [9.17, 15) is 19.8 Å². The Morgan fingerprint density at radius 3 is 1.34 bits per heavy atom. The van der Waals surface area contributed by atoms with E-state index in [1.165, 1.54) is 88.2 Å². The zero-order valence-corrected chi connectivity index (χ0v) is 40.9. The number of hydrogen-bond acceptors (Lipinski definition) is 8. The van der Waals surface area contributed by atoms with E-state index >= 15 is 0 Å². The summed E-state index contributed by atoms with van der Waals surface area (Å²) in [5, 5.41) is 24.4. The molecule has 6 rings (SSSR count). The number of benzene rings is 4. The molecular weight excluding hydrogens is 833 g/mol. The summed E-state index contributed by atoms with van der Waals surface area (Å²) in [5.74, 6) is 1.17. The van der Waals surface area contributed by atoms with E-state index in [1.807, 2.05) is 24.3 Å². The number of nitrogen functional groups attached to an aromatic ring is 2. The molecule has 4 aromatic carbocycles. The van der Waals surface area contributed by atoms with Gasteiger partial charge < -0.3 is 31.2 Å². The summed E-state index contributed by atoms with van der Waals surface area (Å²) in [6.45, 7) is 5.62. The molecule has 2 saturated carbocycles. The molecule has 0 spiro atoms. The molecule has 0 saturated heterocycles. The van der Waals surface area contributed by atoms with Gasteiger partial charge in [-0.3, -0.25) is 9.59 Å². The van der Waals surface area contributed by atoms with Crippen LogP contribution in [0.4, 0.5) is 11.4 Å². The first-order valence-corrected chi connectivity index (χ1v) is 26.1. The van der Waals surface area contributed by atoms with Crippen LogP contribution < -0.4 is 20.9 Å². The first-order valence-electron chi connectivity index (χ1n) is 26.1. The molecule has 2 aliphatic rings. The SMILES string of the molecule is CCC[C@H]1CC[C@H](c2ccc(OCCCCCC(=O)CC(Cc3ccc(N)cc3)(Cc3ccc(N)cc3)C(O)(O)C(=O)CCCCCOc3ccc([C@H]4CC[C@H](CCC)CC4)cc3)cc2)CC1. The Labute approximate surface area is 402 Å². The number of rotatable bonds is 28. The fraction of sp³-hybridized carbons (Fsp3) is 0.559. The van der Waals surface area contributed by atoms with E-state index in [0.29, 0.717) is 55.7 Å². The molecule has 0 atom stereocenters. The second-order valence-corrected chi connectivity index (χ2v) is 20.4. The molecule has 0 radical (unpaired) electrons. The van der Waals surface area contributed by atoms with Gasteiger partial charge in [-0.2, -0.15) is 0 Å². The fourth-order valence-corrected chi connectivity index (χ4v) is 11.1. The van der Waals surface area contributed by atoms with Crippen LogP contribution in [0.3, 0.4) is 0 Å². The number of ether oxygens (including phenoxy) is 2. The van der Waals surface area contributed by atoms with Crippen molar-refractivity contribution in [2.75, 3.05) is 24.7 Å². The van der Waals surface area contributed by atoms with Crippen LogP contribution in [0.15, 0.2) is 97.1 Å². The molecule has 0 aliphatic heterocycles. The van der Waals surface area contributed by atoms with Crippen LogP contribution in [0.5, 0.6) is 11.5 Å². The third-order valence-electron chi connectivity index (χ3n) is 15.2. The number of carbonyl (C=O) groups is 2. The Kier molecular flexibility index (Phi) is 20.2. The quantitative estimate of drug-likeness (QED) is 0.0250. The standard InChI is InChI=1S/C59H82N2O6/c1-3-11-44-15-23-48(24-16-44)50-27-35-55(36-28-50)66-39-9-5-7-13-54(62)43-58(41-46-19-31-52(60)32-20-46,42-47-21-33-53(61)34-22-47)59(64,65)57(63)14-8-6-10-40-67-56-37-29-51(30-38-56)49-25-17-45(12-4-2)18-26-49/h19-22,27-38,44-45,48-49,64-65H,3-18,23-26,39-43,60-61H2,1-2H3/t44-,45-,48-,49-. The smallest absolute Gasteiger partial charge is 0.230 e. The largest absolute Gasteiger partial charge is 0.494 e. The summed E-state index contributed by atoms with van der Waals surface area (Å²) in [6, 6.07) is 31.5. The predicted molar refractivity (Wildman–Crippen MR) is 273 cm³/mol. The summed E-state index contributed by atoms with van der Waals surface area (Å²) in [4.78, 5) is 28.2. The van der Waals surface area contributed by atoms with E-state index in [0.717, 1.165) is 53.7 Å². The molecule has 2 fully saturated rings. The van der Waals surface area contributed by atoms with Crippen molar-refractivity contribution in [3.05, 3.63) is 119 Å². The highest BCUT2D eigenvalue weighted by Gasteiger charge is 2.54. The number of anilines is 2. The fourth-order valence-electron chi connectivity index (χ4n) is 11.1. The van der Waals surface area contributed by atoms with Gasteiger partial charge in [0, 0.05) is 36.1 Å². The second kappa shape index (κ2) is 26.2. The first kappa shape index (κ1) is 51.7. The summed E-state index contributed by atoms with van der Waals surface area (Å²) in [7, 11) is 0. The number of nitrogens with two attached hydrogens (primary N) is 2. The zero-order chi connectivity index (χ0) is 47.5. The summed E-state index contributed by atoms with van der Waals surface area (Å²) < 4.78 is 12.2. The highest BCUT2D eigenvalue weighted by molar-refractivity contribution is 5.88. The van der Waals surface area contributed by atoms with Crippen LogP contribution in [-0.4, -0.2) is 40.8 Å². The van der Waals surface area contributed by atoms with Crippen molar-refractivity contribution >= 4 is 22.9 Å². The molecule has 2 aliphatic carbocycles. The van der Waals surface area contributed by atoms with Crippen LogP contribution in [0.2, 0.25) is 0 Å². The van der Waals surface area contributed by atoms with Crippen LogP contribution in [0, 0.1) is 17.3 Å². The highest BCUT2D eigenvalue weighted by atomic mass is 16.5. The van der Waals surface area contributed by atoms with E-state index in [-0.39, 0.29) is 37.9 Å². The van der Waals surface area contributed by atoms with Crippen molar-refractivity contribution in [3.8, 4) is 11.5 Å². The minimum absolute atomic E-state index is 0.0373. The summed E-state index contributed by atoms with van der Waals surface area (Å²) in [5.41, 5.74) is 16.0. The van der Waals surface area contributed by atoms with E-state index in [2.05, 4.69) is 62.4 Å². The normalized spacial score (nSPS) is 18.9. The number of unbranched alkanes of at least 4 members (excludes halogenated alkanes) is 4. The van der Waals surface area contributed by atoms with Gasteiger partial charge in [-0.05, 0) is 197 Å². The molecule has 364 valence electrons. The minimum atomic E-state index is -2.79.